The fourth-order valence-electron chi connectivity index (χ4n) is 3.64. The third-order valence-electron chi connectivity index (χ3n) is 5.28. The van der Waals surface area contributed by atoms with E-state index in [0.717, 1.165) is 36.1 Å². The van der Waals surface area contributed by atoms with Crippen LogP contribution in [0.25, 0.3) is 0 Å². The molecule has 2 fully saturated rings. The first-order valence-corrected chi connectivity index (χ1v) is 9.44. The van der Waals surface area contributed by atoms with Crippen molar-refractivity contribution in [1.82, 2.24) is 4.98 Å². The molecule has 2 aliphatic carbocycles. The molecular weight excluding hydrogens is 344 g/mol. The van der Waals surface area contributed by atoms with Crippen molar-refractivity contribution < 1.29 is 19.1 Å². The van der Waals surface area contributed by atoms with Gasteiger partial charge in [0.15, 0.2) is 11.9 Å². The van der Waals surface area contributed by atoms with Crippen LogP contribution >= 0.6 is 0 Å². The molecule has 5 rings (SSSR count). The van der Waals surface area contributed by atoms with Gasteiger partial charge in [-0.15, -0.1) is 0 Å². The molecule has 1 atom stereocenters. The highest BCUT2D eigenvalue weighted by atomic mass is 16.5. The SMILES string of the molecule is O=C1CCc2ccc(N3CC[C@@H](Oc4ccc(OC5CC5)nc4)C3=O)cc21. The summed E-state index contributed by atoms with van der Waals surface area (Å²) in [5.74, 6) is 1.22. The number of nitrogens with zero attached hydrogens (tertiary/aromatic N) is 2. The molecule has 0 radical (unpaired) electrons. The molecular formula is C21H20N2O4. The molecule has 1 aromatic carbocycles. The number of ether oxygens (including phenoxy) is 2. The number of benzene rings is 1. The quantitative estimate of drug-likeness (QED) is 0.816. The Labute approximate surface area is 157 Å². The van der Waals surface area contributed by atoms with Crippen molar-refractivity contribution in [2.45, 2.75) is 44.3 Å². The molecule has 6 heteroatoms. The van der Waals surface area contributed by atoms with E-state index in [9.17, 15) is 9.59 Å². The van der Waals surface area contributed by atoms with Crippen molar-refractivity contribution in [3.05, 3.63) is 47.7 Å². The lowest BCUT2D eigenvalue weighted by Crippen LogP contribution is -2.32. The molecule has 1 aromatic heterocycles. The third-order valence-corrected chi connectivity index (χ3v) is 5.28. The topological polar surface area (TPSA) is 68.7 Å². The molecule has 0 bridgehead atoms. The second-order valence-electron chi connectivity index (χ2n) is 7.30. The van der Waals surface area contributed by atoms with Crippen LogP contribution in [0.4, 0.5) is 5.69 Å². The summed E-state index contributed by atoms with van der Waals surface area (Å²) in [6.45, 7) is 0.576. The van der Waals surface area contributed by atoms with Crippen molar-refractivity contribution in [3.63, 3.8) is 0 Å². The average molecular weight is 364 g/mol. The number of amides is 1. The fourth-order valence-corrected chi connectivity index (χ4v) is 3.64. The van der Waals surface area contributed by atoms with E-state index in [0.29, 0.717) is 37.1 Å². The van der Waals surface area contributed by atoms with E-state index in [-0.39, 0.29) is 11.7 Å². The Balaban J connectivity index is 1.27. The fraction of sp³-hybridized carbons (Fsp3) is 0.381. The maximum atomic E-state index is 12.8. The lowest BCUT2D eigenvalue weighted by Gasteiger charge is -2.18. The Morgan fingerprint density at radius 3 is 2.67 bits per heavy atom. The van der Waals surface area contributed by atoms with Gasteiger partial charge in [0.2, 0.25) is 5.88 Å². The Hall–Kier alpha value is -2.89. The van der Waals surface area contributed by atoms with Gasteiger partial charge in [-0.05, 0) is 43.0 Å². The lowest BCUT2D eigenvalue weighted by molar-refractivity contribution is -0.122. The first kappa shape index (κ1) is 16.3. The van der Waals surface area contributed by atoms with Gasteiger partial charge in [0.1, 0.15) is 11.9 Å². The maximum absolute atomic E-state index is 12.8. The van der Waals surface area contributed by atoms with E-state index in [4.69, 9.17) is 9.47 Å². The zero-order valence-corrected chi connectivity index (χ0v) is 14.9. The van der Waals surface area contributed by atoms with Gasteiger partial charge in [-0.25, -0.2) is 4.98 Å². The van der Waals surface area contributed by atoms with E-state index < -0.39 is 6.10 Å². The Kier molecular flexibility index (Phi) is 3.85. The van der Waals surface area contributed by atoms with E-state index in [1.807, 2.05) is 18.2 Å². The number of anilines is 1. The molecule has 0 N–H and O–H groups in total. The van der Waals surface area contributed by atoms with Gasteiger partial charge in [0.25, 0.3) is 5.91 Å². The van der Waals surface area contributed by atoms with Crippen molar-refractivity contribution in [3.8, 4) is 11.6 Å². The van der Waals surface area contributed by atoms with Gasteiger partial charge in [-0.2, -0.15) is 0 Å². The minimum Gasteiger partial charge on any atom is -0.479 e. The van der Waals surface area contributed by atoms with Crippen LogP contribution in [-0.2, 0) is 11.2 Å². The van der Waals surface area contributed by atoms with Crippen LogP contribution in [0.2, 0.25) is 0 Å². The summed E-state index contributed by atoms with van der Waals surface area (Å²) in [4.78, 5) is 30.7. The number of carbonyl (C=O) groups is 2. The molecule has 2 heterocycles. The number of aromatic nitrogens is 1. The highest BCUT2D eigenvalue weighted by Crippen LogP contribution is 2.31. The predicted molar refractivity (Wildman–Crippen MR) is 98.4 cm³/mol. The summed E-state index contributed by atoms with van der Waals surface area (Å²) in [6.07, 6.45) is 5.49. The minimum absolute atomic E-state index is 0.0845. The van der Waals surface area contributed by atoms with Gasteiger partial charge < -0.3 is 14.4 Å². The van der Waals surface area contributed by atoms with Gasteiger partial charge in [0, 0.05) is 36.7 Å². The van der Waals surface area contributed by atoms with Crippen molar-refractivity contribution >= 4 is 17.4 Å². The summed E-state index contributed by atoms with van der Waals surface area (Å²) < 4.78 is 11.5. The van der Waals surface area contributed by atoms with E-state index in [1.165, 1.54) is 0 Å². The molecule has 1 aliphatic heterocycles. The molecule has 2 aromatic rings. The zero-order valence-electron chi connectivity index (χ0n) is 14.9. The van der Waals surface area contributed by atoms with E-state index in [2.05, 4.69) is 4.98 Å². The van der Waals surface area contributed by atoms with Gasteiger partial charge in [0.05, 0.1) is 6.20 Å². The molecule has 3 aliphatic rings. The number of ketones is 1. The number of fused-ring (bicyclic) bond motifs is 1. The second kappa shape index (κ2) is 6.37. The second-order valence-corrected chi connectivity index (χ2v) is 7.30. The number of hydrogen-bond donors (Lipinski definition) is 0. The highest BCUT2D eigenvalue weighted by Gasteiger charge is 2.35. The molecule has 1 saturated carbocycles. The first-order chi connectivity index (χ1) is 13.2. The first-order valence-electron chi connectivity index (χ1n) is 9.44. The van der Waals surface area contributed by atoms with Crippen LogP contribution in [0.3, 0.4) is 0 Å². The molecule has 1 amide bonds. The van der Waals surface area contributed by atoms with Crippen molar-refractivity contribution in [2.75, 3.05) is 11.4 Å². The van der Waals surface area contributed by atoms with Crippen LogP contribution in [0.5, 0.6) is 11.6 Å². The van der Waals surface area contributed by atoms with Crippen LogP contribution in [-0.4, -0.2) is 35.4 Å². The molecule has 1 saturated heterocycles. The van der Waals surface area contributed by atoms with E-state index >= 15 is 0 Å². The normalized spacial score (nSPS) is 21.5. The molecule has 6 nitrogen and oxygen atoms in total. The number of carbonyl (C=O) groups excluding carboxylic acids is 2. The van der Waals surface area contributed by atoms with Crippen molar-refractivity contribution in [2.24, 2.45) is 0 Å². The highest BCUT2D eigenvalue weighted by molar-refractivity contribution is 6.04. The Morgan fingerprint density at radius 1 is 1.00 bits per heavy atom. The molecule has 138 valence electrons. The summed E-state index contributed by atoms with van der Waals surface area (Å²) in [6, 6.07) is 9.28. The summed E-state index contributed by atoms with van der Waals surface area (Å²) in [5.41, 5.74) is 2.59. The van der Waals surface area contributed by atoms with Gasteiger partial charge in [-0.1, -0.05) is 6.07 Å². The largest absolute Gasteiger partial charge is 0.479 e. The Morgan fingerprint density at radius 2 is 1.89 bits per heavy atom. The number of pyridine rings is 1. The van der Waals surface area contributed by atoms with E-state index in [1.54, 1.807) is 23.2 Å². The zero-order chi connectivity index (χ0) is 18.4. The minimum atomic E-state index is -0.536. The molecule has 27 heavy (non-hydrogen) atoms. The number of rotatable bonds is 5. The number of aryl methyl sites for hydroxylation is 1. The standard InChI is InChI=1S/C21H20N2O4/c24-18-7-2-13-1-3-14(11-17(13)18)23-10-9-19(21(23)25)26-16-6-8-20(22-12-16)27-15-4-5-15/h1,3,6,8,11-12,15,19H,2,4-5,7,9-10H2/t19-/m1/s1. The maximum Gasteiger partial charge on any atom is 0.268 e. The monoisotopic (exact) mass is 364 g/mol. The van der Waals surface area contributed by atoms with Crippen LogP contribution < -0.4 is 14.4 Å². The number of Topliss-reactive ketones (excluding diaryl/α,β-unsaturated/α-hetero) is 1. The van der Waals surface area contributed by atoms with Crippen LogP contribution in [0, 0.1) is 0 Å². The van der Waals surface area contributed by atoms with Gasteiger partial charge >= 0.3 is 0 Å². The van der Waals surface area contributed by atoms with Crippen LogP contribution in [0.1, 0.15) is 41.6 Å². The summed E-state index contributed by atoms with van der Waals surface area (Å²) in [5, 5.41) is 0. The number of hydrogen-bond acceptors (Lipinski definition) is 5. The Bertz CT molecular complexity index is 905. The van der Waals surface area contributed by atoms with Crippen LogP contribution in [0.15, 0.2) is 36.5 Å². The predicted octanol–water partition coefficient (Wildman–Crippen LogP) is 2.94. The summed E-state index contributed by atoms with van der Waals surface area (Å²) in [7, 11) is 0. The molecule has 0 unspecified atom stereocenters. The average Bonchev–Trinajstić information content (AvgIpc) is 3.33. The lowest BCUT2D eigenvalue weighted by atomic mass is 10.1. The van der Waals surface area contributed by atoms with Gasteiger partial charge in [-0.3, -0.25) is 9.59 Å². The van der Waals surface area contributed by atoms with Crippen molar-refractivity contribution in [1.29, 1.82) is 0 Å². The molecule has 0 spiro atoms. The summed E-state index contributed by atoms with van der Waals surface area (Å²) >= 11 is 0. The smallest absolute Gasteiger partial charge is 0.268 e. The third kappa shape index (κ3) is 3.16.